The molecule has 0 bridgehead atoms. The van der Waals surface area contributed by atoms with Crippen molar-refractivity contribution in [1.29, 1.82) is 5.26 Å². The molecule has 0 aliphatic carbocycles. The van der Waals surface area contributed by atoms with Gasteiger partial charge in [-0.1, -0.05) is 0 Å². The van der Waals surface area contributed by atoms with Crippen LogP contribution in [-0.4, -0.2) is 33.8 Å². The smallest absolute Gasteiger partial charge is 0.389 e. The number of nitrogens with zero attached hydrogens (tertiary/aromatic N) is 1. The molecule has 0 aliphatic heterocycles. The van der Waals surface area contributed by atoms with Crippen molar-refractivity contribution in [2.24, 2.45) is 0 Å². The lowest BCUT2D eigenvalue weighted by Crippen LogP contribution is -2.31. The van der Waals surface area contributed by atoms with Crippen molar-refractivity contribution in [3.8, 4) is 6.07 Å². The highest BCUT2D eigenvalue weighted by Crippen LogP contribution is 2.15. The average Bonchev–Trinajstić information content (AvgIpc) is 2.09. The average molecular weight is 211 g/mol. The van der Waals surface area contributed by atoms with Crippen LogP contribution in [0.3, 0.4) is 0 Å². The Morgan fingerprint density at radius 1 is 1.36 bits per heavy atom. The molecule has 0 unspecified atom stereocenters. The Balaban J connectivity index is 3.64. The molecule has 0 fully saturated rings. The van der Waals surface area contributed by atoms with E-state index < -0.39 is 20.1 Å². The maximum atomic E-state index is 11.7. The lowest BCUT2D eigenvalue weighted by atomic mass is 10.2. The number of nitriles is 1. The standard InChI is InChI=1S/C6H9BF3NO3/c1-12-7(13-4-2-3-11)14-5-6(8,9)10/h2,4-5H2,1H3. The number of hydrogen-bond acceptors (Lipinski definition) is 4. The zero-order chi connectivity index (χ0) is 11.0. The van der Waals surface area contributed by atoms with Gasteiger partial charge in [-0.25, -0.2) is 0 Å². The van der Waals surface area contributed by atoms with E-state index in [0.29, 0.717) is 0 Å². The summed E-state index contributed by atoms with van der Waals surface area (Å²) >= 11 is 0. The Hall–Kier alpha value is -0.775. The SMILES string of the molecule is COB(OCCC#N)OCC(F)(F)F. The van der Waals surface area contributed by atoms with E-state index in [-0.39, 0.29) is 13.0 Å². The van der Waals surface area contributed by atoms with Gasteiger partial charge in [-0.15, -0.1) is 0 Å². The highest BCUT2D eigenvalue weighted by atomic mass is 19.4. The van der Waals surface area contributed by atoms with Crippen LogP contribution < -0.4 is 0 Å². The topological polar surface area (TPSA) is 51.5 Å². The zero-order valence-corrected chi connectivity index (χ0v) is 7.50. The van der Waals surface area contributed by atoms with Crippen LogP contribution in [0, 0.1) is 11.3 Å². The molecule has 0 rings (SSSR count). The zero-order valence-electron chi connectivity index (χ0n) is 7.50. The predicted octanol–water partition coefficient (Wildman–Crippen LogP) is 1.13. The first-order valence-corrected chi connectivity index (χ1v) is 3.69. The van der Waals surface area contributed by atoms with E-state index in [0.717, 1.165) is 7.11 Å². The molecule has 0 aliphatic rings. The highest BCUT2D eigenvalue weighted by Gasteiger charge is 2.32. The minimum absolute atomic E-state index is 0.0349. The number of halogens is 3. The molecule has 4 nitrogen and oxygen atoms in total. The fourth-order valence-electron chi connectivity index (χ4n) is 0.548. The van der Waals surface area contributed by atoms with Crippen molar-refractivity contribution in [3.63, 3.8) is 0 Å². The largest absolute Gasteiger partial charge is 0.639 e. The lowest BCUT2D eigenvalue weighted by molar-refractivity contribution is -0.161. The van der Waals surface area contributed by atoms with Gasteiger partial charge in [0.15, 0.2) is 0 Å². The fraction of sp³-hybridized carbons (Fsp3) is 0.833. The molecule has 14 heavy (non-hydrogen) atoms. The van der Waals surface area contributed by atoms with Crippen molar-refractivity contribution in [1.82, 2.24) is 0 Å². The first-order chi connectivity index (χ1) is 6.49. The Bertz CT molecular complexity index is 194. The normalized spacial score (nSPS) is 11.1. The minimum atomic E-state index is -4.42. The monoisotopic (exact) mass is 211 g/mol. The van der Waals surface area contributed by atoms with Gasteiger partial charge in [-0.2, -0.15) is 18.4 Å². The molecule has 0 atom stereocenters. The van der Waals surface area contributed by atoms with Gasteiger partial charge in [-0.05, 0) is 0 Å². The molecule has 80 valence electrons. The van der Waals surface area contributed by atoms with Crippen LogP contribution in [0.25, 0.3) is 0 Å². The van der Waals surface area contributed by atoms with Crippen LogP contribution in [0.2, 0.25) is 0 Å². The van der Waals surface area contributed by atoms with E-state index in [9.17, 15) is 13.2 Å². The van der Waals surface area contributed by atoms with Gasteiger partial charge >= 0.3 is 13.5 Å². The van der Waals surface area contributed by atoms with Crippen molar-refractivity contribution in [2.75, 3.05) is 20.3 Å². The Kier molecular flexibility index (Phi) is 6.28. The van der Waals surface area contributed by atoms with Crippen LogP contribution >= 0.6 is 0 Å². The van der Waals surface area contributed by atoms with Crippen molar-refractivity contribution >= 4 is 7.32 Å². The summed E-state index contributed by atoms with van der Waals surface area (Å²) in [6, 6.07) is 1.76. The third-order valence-corrected chi connectivity index (χ3v) is 1.04. The molecule has 0 aromatic heterocycles. The van der Waals surface area contributed by atoms with E-state index in [4.69, 9.17) is 5.26 Å². The molecule has 0 N–H and O–H groups in total. The summed E-state index contributed by atoms with van der Waals surface area (Å²) in [5, 5.41) is 8.12. The fourth-order valence-corrected chi connectivity index (χ4v) is 0.548. The van der Waals surface area contributed by atoms with Crippen molar-refractivity contribution in [2.45, 2.75) is 12.6 Å². The second-order valence-electron chi connectivity index (χ2n) is 2.23. The summed E-state index contributed by atoms with van der Waals surface area (Å²) in [5.41, 5.74) is 0. The molecule has 0 amide bonds. The van der Waals surface area contributed by atoms with E-state index in [2.05, 4.69) is 14.0 Å². The number of alkyl halides is 3. The number of rotatable bonds is 6. The number of hydrogen-bond donors (Lipinski definition) is 0. The van der Waals surface area contributed by atoms with Crippen LogP contribution in [0.5, 0.6) is 0 Å². The Morgan fingerprint density at radius 2 is 2.00 bits per heavy atom. The third kappa shape index (κ3) is 7.85. The first-order valence-electron chi connectivity index (χ1n) is 3.69. The summed E-state index contributed by atoms with van der Waals surface area (Å²) in [4.78, 5) is 0. The van der Waals surface area contributed by atoms with Gasteiger partial charge in [0.05, 0.1) is 12.5 Å². The molecule has 0 radical (unpaired) electrons. The maximum absolute atomic E-state index is 11.7. The van der Waals surface area contributed by atoms with Crippen LogP contribution in [-0.2, 0) is 14.0 Å². The molecular formula is C6H9BF3NO3. The van der Waals surface area contributed by atoms with Gasteiger partial charge in [-0.3, -0.25) is 0 Å². The molecule has 0 saturated carbocycles. The summed E-state index contributed by atoms with van der Waals surface area (Å²) in [6.45, 7) is -1.48. The van der Waals surface area contributed by atoms with E-state index in [1.807, 2.05) is 0 Å². The second-order valence-corrected chi connectivity index (χ2v) is 2.23. The quantitative estimate of drug-likeness (QED) is 0.488. The van der Waals surface area contributed by atoms with Crippen LogP contribution in [0.4, 0.5) is 13.2 Å². The van der Waals surface area contributed by atoms with E-state index in [1.54, 1.807) is 6.07 Å². The summed E-state index contributed by atoms with van der Waals surface area (Å²) in [5.74, 6) is 0. The second kappa shape index (κ2) is 6.65. The molecule has 8 heteroatoms. The van der Waals surface area contributed by atoms with Gasteiger partial charge in [0, 0.05) is 13.7 Å². The van der Waals surface area contributed by atoms with Crippen LogP contribution in [0.15, 0.2) is 0 Å². The molecule has 0 saturated heterocycles. The van der Waals surface area contributed by atoms with Gasteiger partial charge in [0.1, 0.15) is 6.61 Å². The molecule has 0 heterocycles. The minimum Gasteiger partial charge on any atom is -0.389 e. The van der Waals surface area contributed by atoms with Crippen molar-refractivity contribution in [3.05, 3.63) is 0 Å². The van der Waals surface area contributed by atoms with Gasteiger partial charge < -0.3 is 14.0 Å². The molecular weight excluding hydrogens is 202 g/mol. The molecule has 0 aromatic rings. The summed E-state index contributed by atoms with van der Waals surface area (Å²) < 4.78 is 48.3. The van der Waals surface area contributed by atoms with E-state index >= 15 is 0 Å². The summed E-state index contributed by atoms with van der Waals surface area (Å²) in [7, 11) is -0.238. The van der Waals surface area contributed by atoms with Gasteiger partial charge in [0.2, 0.25) is 0 Å². The first kappa shape index (κ1) is 13.2. The highest BCUT2D eigenvalue weighted by molar-refractivity contribution is 6.36. The Morgan fingerprint density at radius 3 is 2.43 bits per heavy atom. The third-order valence-electron chi connectivity index (χ3n) is 1.04. The van der Waals surface area contributed by atoms with Crippen molar-refractivity contribution < 1.29 is 27.1 Å². The Labute approximate surface area is 79.7 Å². The predicted molar refractivity (Wildman–Crippen MR) is 41.0 cm³/mol. The van der Waals surface area contributed by atoms with E-state index in [1.165, 1.54) is 0 Å². The van der Waals surface area contributed by atoms with Crippen LogP contribution in [0.1, 0.15) is 6.42 Å². The lowest BCUT2D eigenvalue weighted by Gasteiger charge is -2.12. The molecule has 0 aromatic carbocycles. The maximum Gasteiger partial charge on any atom is 0.639 e. The summed E-state index contributed by atoms with van der Waals surface area (Å²) in [6.07, 6.45) is -4.36. The van der Waals surface area contributed by atoms with Gasteiger partial charge in [0.25, 0.3) is 0 Å². The molecule has 0 spiro atoms.